The third kappa shape index (κ3) is 4.11. The summed E-state index contributed by atoms with van der Waals surface area (Å²) in [6.45, 7) is 3.24. The number of benzene rings is 1. The molecule has 1 aromatic heterocycles. The third-order valence-electron chi connectivity index (χ3n) is 3.79. The molecule has 1 heterocycles. The first-order valence-electron chi connectivity index (χ1n) is 7.78. The first-order valence-corrected chi connectivity index (χ1v) is 7.78. The molecule has 26 heavy (non-hydrogen) atoms. The summed E-state index contributed by atoms with van der Waals surface area (Å²) >= 11 is 0. The highest BCUT2D eigenvalue weighted by Gasteiger charge is 2.15. The summed E-state index contributed by atoms with van der Waals surface area (Å²) < 4.78 is 11.9. The molecule has 7 heteroatoms. The van der Waals surface area contributed by atoms with Crippen molar-refractivity contribution >= 4 is 18.0 Å². The van der Waals surface area contributed by atoms with Crippen LogP contribution in [-0.4, -0.2) is 30.2 Å². The Hall–Kier alpha value is -3.53. The van der Waals surface area contributed by atoms with Crippen molar-refractivity contribution in [3.8, 4) is 17.5 Å². The molecule has 0 saturated heterocycles. The monoisotopic (exact) mass is 353 g/mol. The van der Waals surface area contributed by atoms with Crippen LogP contribution < -0.4 is 10.5 Å². The van der Waals surface area contributed by atoms with Gasteiger partial charge in [-0.25, -0.2) is 4.79 Å². The highest BCUT2D eigenvalue weighted by molar-refractivity contribution is 5.99. The number of nitrogens with two attached hydrogens (primary N) is 1. The second-order valence-electron chi connectivity index (χ2n) is 5.57. The lowest BCUT2D eigenvalue weighted by atomic mass is 10.1. The minimum absolute atomic E-state index is 0.207. The van der Waals surface area contributed by atoms with E-state index in [9.17, 15) is 14.9 Å². The maximum absolute atomic E-state index is 11.9. The lowest BCUT2D eigenvalue weighted by Crippen LogP contribution is -2.21. The molecular weight excluding hydrogens is 334 g/mol. The fourth-order valence-corrected chi connectivity index (χ4v) is 2.57. The van der Waals surface area contributed by atoms with Crippen molar-refractivity contribution in [2.24, 2.45) is 5.73 Å². The van der Waals surface area contributed by atoms with Crippen LogP contribution in [0.1, 0.15) is 17.0 Å². The van der Waals surface area contributed by atoms with Crippen LogP contribution in [0.3, 0.4) is 0 Å². The van der Waals surface area contributed by atoms with E-state index in [1.165, 1.54) is 6.08 Å². The molecule has 0 atom stereocenters. The molecule has 1 amide bonds. The predicted octanol–water partition coefficient (Wildman–Crippen LogP) is 2.04. The van der Waals surface area contributed by atoms with Crippen molar-refractivity contribution in [3.63, 3.8) is 0 Å². The molecule has 7 nitrogen and oxygen atoms in total. The smallest absolute Gasteiger partial charge is 0.349 e. The molecule has 0 radical (unpaired) electrons. The number of aryl methyl sites for hydroxylation is 1. The molecule has 0 aliphatic carbocycles. The lowest BCUT2D eigenvalue weighted by Gasteiger charge is -2.10. The molecule has 0 bridgehead atoms. The van der Waals surface area contributed by atoms with Crippen LogP contribution in [0, 0.1) is 25.2 Å². The Morgan fingerprint density at radius 1 is 1.27 bits per heavy atom. The number of primary amides is 1. The molecule has 134 valence electrons. The molecule has 0 fully saturated rings. The Balaban J connectivity index is 2.37. The van der Waals surface area contributed by atoms with E-state index in [1.807, 2.05) is 48.7 Å². The second kappa shape index (κ2) is 8.03. The van der Waals surface area contributed by atoms with E-state index in [4.69, 9.17) is 15.2 Å². The van der Waals surface area contributed by atoms with E-state index in [1.54, 1.807) is 13.2 Å². The van der Waals surface area contributed by atoms with Gasteiger partial charge in [-0.3, -0.25) is 4.79 Å². The average molecular weight is 353 g/mol. The molecule has 0 spiro atoms. The maximum atomic E-state index is 11.9. The molecule has 0 saturated carbocycles. The normalized spacial score (nSPS) is 10.9. The van der Waals surface area contributed by atoms with Crippen molar-refractivity contribution < 1.29 is 19.1 Å². The van der Waals surface area contributed by atoms with E-state index in [0.29, 0.717) is 5.56 Å². The largest absolute Gasteiger partial charge is 0.497 e. The zero-order valence-corrected chi connectivity index (χ0v) is 14.8. The van der Waals surface area contributed by atoms with E-state index in [-0.39, 0.29) is 5.57 Å². The van der Waals surface area contributed by atoms with Gasteiger partial charge in [0.15, 0.2) is 6.61 Å². The summed E-state index contributed by atoms with van der Waals surface area (Å²) in [5.41, 5.74) is 8.14. The zero-order chi connectivity index (χ0) is 19.3. The topological polar surface area (TPSA) is 107 Å². The summed E-state index contributed by atoms with van der Waals surface area (Å²) in [7, 11) is 1.60. The first kappa shape index (κ1) is 18.8. The van der Waals surface area contributed by atoms with Gasteiger partial charge in [-0.15, -0.1) is 0 Å². The summed E-state index contributed by atoms with van der Waals surface area (Å²) in [4.78, 5) is 22.6. The van der Waals surface area contributed by atoms with E-state index >= 15 is 0 Å². The van der Waals surface area contributed by atoms with Crippen molar-refractivity contribution in [2.45, 2.75) is 13.8 Å². The third-order valence-corrected chi connectivity index (χ3v) is 3.79. The number of aromatic nitrogens is 1. The summed E-state index contributed by atoms with van der Waals surface area (Å²) in [6.07, 6.45) is 1.44. The number of esters is 1. The molecule has 0 aliphatic rings. The Morgan fingerprint density at radius 2 is 1.92 bits per heavy atom. The number of methoxy groups -OCH3 is 1. The minimum atomic E-state index is -0.888. The van der Waals surface area contributed by atoms with Crippen LogP contribution in [0.2, 0.25) is 0 Å². The Kier molecular flexibility index (Phi) is 5.81. The van der Waals surface area contributed by atoms with E-state index in [0.717, 1.165) is 22.8 Å². The van der Waals surface area contributed by atoms with Crippen molar-refractivity contribution in [1.82, 2.24) is 4.57 Å². The van der Waals surface area contributed by atoms with Crippen molar-refractivity contribution in [2.75, 3.05) is 13.7 Å². The number of hydrogen-bond donors (Lipinski definition) is 1. The number of rotatable bonds is 6. The molecule has 0 aliphatic heterocycles. The molecule has 2 rings (SSSR count). The van der Waals surface area contributed by atoms with Crippen LogP contribution >= 0.6 is 0 Å². The van der Waals surface area contributed by atoms with Gasteiger partial charge in [0.2, 0.25) is 0 Å². The number of carbonyl (C=O) groups excluding carboxylic acids is 2. The standard InChI is InChI=1S/C19H19N3O4/c1-12-8-14(9-15(10-20)19(24)26-11-18(21)23)13(2)22(12)16-4-6-17(25-3)7-5-16/h4-9H,11H2,1-3H3,(H2,21,23)/b15-9-. The van der Waals surface area contributed by atoms with Crippen LogP contribution in [0.5, 0.6) is 5.75 Å². The van der Waals surface area contributed by atoms with Gasteiger partial charge in [-0.2, -0.15) is 5.26 Å². The Bertz CT molecular complexity index is 902. The SMILES string of the molecule is COc1ccc(-n2c(C)cc(/C=C(/C#N)C(=O)OCC(N)=O)c2C)cc1. The van der Waals surface area contributed by atoms with Crippen molar-refractivity contribution in [1.29, 1.82) is 5.26 Å². The molecule has 0 unspecified atom stereocenters. The highest BCUT2D eigenvalue weighted by atomic mass is 16.5. The molecular formula is C19H19N3O4. The summed E-state index contributed by atoms with van der Waals surface area (Å²) in [6, 6.07) is 11.2. The number of amides is 1. The van der Waals surface area contributed by atoms with Gasteiger partial charge in [-0.05, 0) is 55.8 Å². The lowest BCUT2D eigenvalue weighted by molar-refractivity contribution is -0.143. The highest BCUT2D eigenvalue weighted by Crippen LogP contribution is 2.24. The van der Waals surface area contributed by atoms with E-state index in [2.05, 4.69) is 0 Å². The predicted molar refractivity (Wildman–Crippen MR) is 95.5 cm³/mol. The molecule has 2 aromatic rings. The Labute approximate surface area is 151 Å². The van der Waals surface area contributed by atoms with Gasteiger partial charge in [0, 0.05) is 17.1 Å². The zero-order valence-electron chi connectivity index (χ0n) is 14.8. The van der Waals surface area contributed by atoms with Gasteiger partial charge in [0.1, 0.15) is 17.4 Å². The van der Waals surface area contributed by atoms with Crippen LogP contribution in [-0.2, 0) is 14.3 Å². The van der Waals surface area contributed by atoms with Gasteiger partial charge >= 0.3 is 5.97 Å². The summed E-state index contributed by atoms with van der Waals surface area (Å²) in [5.74, 6) is -0.922. The van der Waals surface area contributed by atoms with Gasteiger partial charge in [0.25, 0.3) is 5.91 Å². The quantitative estimate of drug-likeness (QED) is 0.486. The number of hydrogen-bond acceptors (Lipinski definition) is 5. The molecule has 2 N–H and O–H groups in total. The van der Waals surface area contributed by atoms with Crippen molar-refractivity contribution in [3.05, 3.63) is 52.9 Å². The number of nitriles is 1. The van der Waals surface area contributed by atoms with Crippen LogP contribution in [0.4, 0.5) is 0 Å². The summed E-state index contributed by atoms with van der Waals surface area (Å²) in [5, 5.41) is 9.21. The first-order chi connectivity index (χ1) is 12.4. The number of carbonyl (C=O) groups is 2. The average Bonchev–Trinajstić information content (AvgIpc) is 2.91. The fourth-order valence-electron chi connectivity index (χ4n) is 2.57. The second-order valence-corrected chi connectivity index (χ2v) is 5.57. The van der Waals surface area contributed by atoms with Crippen LogP contribution in [0.15, 0.2) is 35.9 Å². The fraction of sp³-hybridized carbons (Fsp3) is 0.211. The van der Waals surface area contributed by atoms with Gasteiger partial charge < -0.3 is 19.8 Å². The molecule has 1 aromatic carbocycles. The number of nitrogens with zero attached hydrogens (tertiary/aromatic N) is 2. The Morgan fingerprint density at radius 3 is 2.46 bits per heavy atom. The number of ether oxygens (including phenoxy) is 2. The minimum Gasteiger partial charge on any atom is -0.497 e. The van der Waals surface area contributed by atoms with Gasteiger partial charge in [0.05, 0.1) is 7.11 Å². The van der Waals surface area contributed by atoms with E-state index < -0.39 is 18.5 Å². The maximum Gasteiger partial charge on any atom is 0.349 e. The van der Waals surface area contributed by atoms with Crippen LogP contribution in [0.25, 0.3) is 11.8 Å². The van der Waals surface area contributed by atoms with Gasteiger partial charge in [-0.1, -0.05) is 0 Å².